The third kappa shape index (κ3) is 2.95. The van der Waals surface area contributed by atoms with Gasteiger partial charge in [-0.2, -0.15) is 0 Å². The van der Waals surface area contributed by atoms with E-state index in [1.165, 1.54) is 11.6 Å². The van der Waals surface area contributed by atoms with Crippen LogP contribution < -0.4 is 11.2 Å². The molecule has 120 valence electrons. The van der Waals surface area contributed by atoms with Gasteiger partial charge in [0.15, 0.2) is 5.65 Å². The fourth-order valence-electron chi connectivity index (χ4n) is 2.17. The molecule has 0 fully saturated rings. The highest BCUT2D eigenvalue weighted by molar-refractivity contribution is 8.00. The first-order valence-corrected chi connectivity index (χ1v) is 8.41. The number of aromatic nitrogens is 4. The van der Waals surface area contributed by atoms with Crippen molar-refractivity contribution in [2.75, 3.05) is 0 Å². The standard InChI is InChI=1S/C15H22N4O2S/c1-6-8-10-16-12-11(13(17-10)22-9(3)7-2)14(20)19(5)15(21)18(12)4/h9H,6-8H2,1-5H3/t9-/m1/s1. The molecule has 0 saturated heterocycles. The Bertz CT molecular complexity index is 810. The first-order chi connectivity index (χ1) is 10.4. The van der Waals surface area contributed by atoms with E-state index in [-0.39, 0.29) is 11.2 Å². The summed E-state index contributed by atoms with van der Waals surface area (Å²) in [6, 6.07) is 0. The smallest absolute Gasteiger partial charge is 0.280 e. The molecule has 2 heterocycles. The predicted molar refractivity (Wildman–Crippen MR) is 89.6 cm³/mol. The molecular formula is C15H22N4O2S. The largest absolute Gasteiger partial charge is 0.332 e. The van der Waals surface area contributed by atoms with Crippen molar-refractivity contribution < 1.29 is 0 Å². The van der Waals surface area contributed by atoms with E-state index in [0.29, 0.717) is 27.1 Å². The lowest BCUT2D eigenvalue weighted by Crippen LogP contribution is -2.38. The van der Waals surface area contributed by atoms with Crippen LogP contribution in [0.2, 0.25) is 0 Å². The van der Waals surface area contributed by atoms with Crippen molar-refractivity contribution in [3.8, 4) is 0 Å². The van der Waals surface area contributed by atoms with Crippen LogP contribution in [0.15, 0.2) is 14.6 Å². The van der Waals surface area contributed by atoms with Crippen LogP contribution in [-0.2, 0) is 20.5 Å². The van der Waals surface area contributed by atoms with E-state index in [4.69, 9.17) is 0 Å². The molecule has 0 aliphatic rings. The van der Waals surface area contributed by atoms with Crippen LogP contribution in [0.1, 0.15) is 39.4 Å². The van der Waals surface area contributed by atoms with Crippen LogP contribution in [0.5, 0.6) is 0 Å². The average Bonchev–Trinajstić information content (AvgIpc) is 2.50. The number of aryl methyl sites for hydroxylation is 2. The lowest BCUT2D eigenvalue weighted by atomic mass is 10.3. The molecule has 0 bridgehead atoms. The summed E-state index contributed by atoms with van der Waals surface area (Å²) in [5, 5.41) is 1.46. The van der Waals surface area contributed by atoms with Gasteiger partial charge in [0, 0.05) is 25.8 Å². The minimum absolute atomic E-state index is 0.327. The Morgan fingerprint density at radius 3 is 2.41 bits per heavy atom. The Labute approximate surface area is 133 Å². The topological polar surface area (TPSA) is 69.8 Å². The van der Waals surface area contributed by atoms with Gasteiger partial charge in [0.25, 0.3) is 5.56 Å². The molecule has 0 spiro atoms. The van der Waals surface area contributed by atoms with Gasteiger partial charge >= 0.3 is 5.69 Å². The zero-order valence-corrected chi connectivity index (χ0v) is 14.5. The summed E-state index contributed by atoms with van der Waals surface area (Å²) in [7, 11) is 3.13. The second kappa shape index (κ2) is 6.64. The van der Waals surface area contributed by atoms with Gasteiger partial charge in [-0.3, -0.25) is 13.9 Å². The van der Waals surface area contributed by atoms with Gasteiger partial charge in [-0.25, -0.2) is 14.8 Å². The molecule has 0 aromatic carbocycles. The lowest BCUT2D eigenvalue weighted by molar-refractivity contribution is 0.695. The molecule has 0 radical (unpaired) electrons. The third-order valence-electron chi connectivity index (χ3n) is 3.67. The van der Waals surface area contributed by atoms with Crippen molar-refractivity contribution in [2.45, 2.75) is 50.3 Å². The zero-order valence-electron chi connectivity index (χ0n) is 13.7. The maximum absolute atomic E-state index is 12.5. The van der Waals surface area contributed by atoms with Crippen molar-refractivity contribution in [2.24, 2.45) is 14.1 Å². The minimum Gasteiger partial charge on any atom is -0.280 e. The number of nitrogens with zero attached hydrogens (tertiary/aromatic N) is 4. The summed E-state index contributed by atoms with van der Waals surface area (Å²) in [4.78, 5) is 33.7. The Morgan fingerprint density at radius 2 is 1.82 bits per heavy atom. The van der Waals surface area contributed by atoms with Crippen molar-refractivity contribution in [3.63, 3.8) is 0 Å². The average molecular weight is 322 g/mol. The number of hydrogen-bond acceptors (Lipinski definition) is 5. The SMILES string of the molecule is CCCc1nc(S[C@H](C)CC)c2c(=O)n(C)c(=O)n(C)c2n1. The maximum Gasteiger partial charge on any atom is 0.332 e. The van der Waals surface area contributed by atoms with Gasteiger partial charge in [-0.05, 0) is 12.8 Å². The molecule has 2 rings (SSSR count). The van der Waals surface area contributed by atoms with Crippen LogP contribution >= 0.6 is 11.8 Å². The molecule has 7 heteroatoms. The predicted octanol–water partition coefficient (Wildman–Crippen LogP) is 1.87. The highest BCUT2D eigenvalue weighted by Gasteiger charge is 2.18. The summed E-state index contributed by atoms with van der Waals surface area (Å²) >= 11 is 1.57. The number of rotatable bonds is 5. The molecule has 0 saturated carbocycles. The molecule has 2 aromatic heterocycles. The molecule has 0 aliphatic heterocycles. The number of hydrogen-bond donors (Lipinski definition) is 0. The van der Waals surface area contributed by atoms with Gasteiger partial charge in [0.2, 0.25) is 0 Å². The monoisotopic (exact) mass is 322 g/mol. The van der Waals surface area contributed by atoms with E-state index in [0.717, 1.165) is 23.8 Å². The van der Waals surface area contributed by atoms with E-state index in [2.05, 4.69) is 30.7 Å². The van der Waals surface area contributed by atoms with Crippen molar-refractivity contribution in [1.29, 1.82) is 0 Å². The molecule has 2 aromatic rings. The summed E-state index contributed by atoms with van der Waals surface area (Å²) < 4.78 is 2.55. The van der Waals surface area contributed by atoms with E-state index in [1.54, 1.807) is 18.8 Å². The summed E-state index contributed by atoms with van der Waals surface area (Å²) in [6.07, 6.45) is 2.62. The van der Waals surface area contributed by atoms with E-state index < -0.39 is 0 Å². The summed E-state index contributed by atoms with van der Waals surface area (Å²) in [5.41, 5.74) is -0.262. The quantitative estimate of drug-likeness (QED) is 0.621. The molecule has 0 aliphatic carbocycles. The molecule has 0 N–H and O–H groups in total. The summed E-state index contributed by atoms with van der Waals surface area (Å²) in [5.74, 6) is 0.684. The van der Waals surface area contributed by atoms with Gasteiger partial charge in [-0.15, -0.1) is 11.8 Å². The minimum atomic E-state index is -0.363. The number of thioether (sulfide) groups is 1. The normalized spacial score (nSPS) is 12.8. The molecular weight excluding hydrogens is 300 g/mol. The van der Waals surface area contributed by atoms with Gasteiger partial charge in [0.05, 0.1) is 0 Å². The Hall–Kier alpha value is -1.63. The fraction of sp³-hybridized carbons (Fsp3) is 0.600. The Kier molecular flexibility index (Phi) is 5.05. The van der Waals surface area contributed by atoms with Crippen molar-refractivity contribution in [1.82, 2.24) is 19.1 Å². The zero-order chi connectivity index (χ0) is 16.4. The fourth-order valence-corrected chi connectivity index (χ4v) is 3.17. The summed E-state index contributed by atoms with van der Waals surface area (Å²) in [6.45, 7) is 6.25. The second-order valence-corrected chi connectivity index (χ2v) is 6.86. The van der Waals surface area contributed by atoms with Gasteiger partial charge in [-0.1, -0.05) is 20.8 Å². The molecule has 6 nitrogen and oxygen atoms in total. The Balaban J connectivity index is 2.85. The molecule has 22 heavy (non-hydrogen) atoms. The highest BCUT2D eigenvalue weighted by atomic mass is 32.2. The second-order valence-electron chi connectivity index (χ2n) is 5.44. The van der Waals surface area contributed by atoms with E-state index in [9.17, 15) is 9.59 Å². The van der Waals surface area contributed by atoms with E-state index in [1.807, 2.05) is 0 Å². The molecule has 0 amide bonds. The van der Waals surface area contributed by atoms with Crippen LogP contribution in [0, 0.1) is 0 Å². The lowest BCUT2D eigenvalue weighted by Gasteiger charge is -2.13. The highest BCUT2D eigenvalue weighted by Crippen LogP contribution is 2.27. The van der Waals surface area contributed by atoms with Crippen LogP contribution in [-0.4, -0.2) is 24.4 Å². The molecule has 1 atom stereocenters. The van der Waals surface area contributed by atoms with Gasteiger partial charge < -0.3 is 0 Å². The first kappa shape index (κ1) is 16.7. The van der Waals surface area contributed by atoms with E-state index >= 15 is 0 Å². The number of fused-ring (bicyclic) bond motifs is 1. The van der Waals surface area contributed by atoms with Crippen molar-refractivity contribution >= 4 is 22.8 Å². The Morgan fingerprint density at radius 1 is 1.14 bits per heavy atom. The third-order valence-corrected chi connectivity index (χ3v) is 4.93. The van der Waals surface area contributed by atoms with Gasteiger partial charge in [0.1, 0.15) is 16.2 Å². The van der Waals surface area contributed by atoms with Crippen LogP contribution in [0.4, 0.5) is 0 Å². The first-order valence-electron chi connectivity index (χ1n) is 7.53. The molecule has 0 unspecified atom stereocenters. The maximum atomic E-state index is 12.5. The van der Waals surface area contributed by atoms with Crippen molar-refractivity contribution in [3.05, 3.63) is 26.7 Å². The van der Waals surface area contributed by atoms with Crippen LogP contribution in [0.3, 0.4) is 0 Å². The van der Waals surface area contributed by atoms with Crippen LogP contribution in [0.25, 0.3) is 11.0 Å².